The standard InChI is InChI=1S/C42H31N/c1-30-14-11-12-23-38(30)39-25-24-36(27-40(39)31-15-5-2-6-16-31)34-21-13-22-35(26-34)37-28-41(32-17-7-3-8-18-32)43-42(29-37)33-19-9-4-10-20-33/h2-29H,1H3. The first-order valence-corrected chi connectivity index (χ1v) is 14.7. The first-order chi connectivity index (χ1) is 21.2. The van der Waals surface area contributed by atoms with Crippen LogP contribution in [0.1, 0.15) is 5.56 Å². The predicted molar refractivity (Wildman–Crippen MR) is 182 cm³/mol. The minimum atomic E-state index is 0.969. The molecule has 0 amide bonds. The Balaban J connectivity index is 1.35. The fraction of sp³-hybridized carbons (Fsp3) is 0.0238. The van der Waals surface area contributed by atoms with Crippen LogP contribution in [0.15, 0.2) is 170 Å². The van der Waals surface area contributed by atoms with Gasteiger partial charge in [0, 0.05) is 11.1 Å². The summed E-state index contributed by atoms with van der Waals surface area (Å²) in [6, 6.07) is 60.3. The van der Waals surface area contributed by atoms with E-state index in [0.29, 0.717) is 0 Å². The average Bonchev–Trinajstić information content (AvgIpc) is 3.09. The van der Waals surface area contributed by atoms with Gasteiger partial charge >= 0.3 is 0 Å². The smallest absolute Gasteiger partial charge is 0.0715 e. The Morgan fingerprint density at radius 1 is 0.302 bits per heavy atom. The molecule has 0 N–H and O–H groups in total. The molecule has 0 unspecified atom stereocenters. The number of aryl methyl sites for hydroxylation is 1. The average molecular weight is 550 g/mol. The molecule has 0 bridgehead atoms. The van der Waals surface area contributed by atoms with E-state index in [2.05, 4.69) is 165 Å². The number of aromatic nitrogens is 1. The summed E-state index contributed by atoms with van der Waals surface area (Å²) in [5, 5.41) is 0. The summed E-state index contributed by atoms with van der Waals surface area (Å²) in [5.74, 6) is 0. The van der Waals surface area contributed by atoms with E-state index in [-0.39, 0.29) is 0 Å². The van der Waals surface area contributed by atoms with Crippen molar-refractivity contribution < 1.29 is 0 Å². The molecule has 7 aromatic rings. The zero-order valence-electron chi connectivity index (χ0n) is 24.1. The van der Waals surface area contributed by atoms with Crippen LogP contribution in [0, 0.1) is 6.92 Å². The van der Waals surface area contributed by atoms with Crippen molar-refractivity contribution in [2.24, 2.45) is 0 Å². The molecule has 0 aliphatic carbocycles. The van der Waals surface area contributed by atoms with E-state index >= 15 is 0 Å². The van der Waals surface area contributed by atoms with Gasteiger partial charge in [0.25, 0.3) is 0 Å². The van der Waals surface area contributed by atoms with E-state index < -0.39 is 0 Å². The lowest BCUT2D eigenvalue weighted by atomic mass is 9.89. The Hall–Kier alpha value is -5.53. The predicted octanol–water partition coefficient (Wildman–Crippen LogP) is 11.4. The highest BCUT2D eigenvalue weighted by atomic mass is 14.7. The van der Waals surface area contributed by atoms with E-state index in [4.69, 9.17) is 4.98 Å². The van der Waals surface area contributed by atoms with Crippen molar-refractivity contribution in [1.82, 2.24) is 4.98 Å². The molecule has 204 valence electrons. The molecule has 0 spiro atoms. The maximum Gasteiger partial charge on any atom is 0.0715 e. The van der Waals surface area contributed by atoms with Gasteiger partial charge in [0.15, 0.2) is 0 Å². The first kappa shape index (κ1) is 26.4. The van der Waals surface area contributed by atoms with Crippen LogP contribution in [0.3, 0.4) is 0 Å². The Morgan fingerprint density at radius 3 is 1.40 bits per heavy atom. The SMILES string of the molecule is Cc1ccccc1-c1ccc(-c2cccc(-c3cc(-c4ccccc4)nc(-c4ccccc4)c3)c2)cc1-c1ccccc1. The van der Waals surface area contributed by atoms with Crippen molar-refractivity contribution in [3.05, 3.63) is 175 Å². The number of hydrogen-bond acceptors (Lipinski definition) is 1. The second-order valence-electron chi connectivity index (χ2n) is 10.9. The monoisotopic (exact) mass is 549 g/mol. The number of nitrogens with zero attached hydrogens (tertiary/aromatic N) is 1. The highest BCUT2D eigenvalue weighted by Crippen LogP contribution is 2.38. The molecule has 7 rings (SSSR count). The molecular weight excluding hydrogens is 518 g/mol. The molecule has 0 saturated heterocycles. The molecular formula is C42H31N. The minimum Gasteiger partial charge on any atom is -0.248 e. The fourth-order valence-electron chi connectivity index (χ4n) is 5.78. The quantitative estimate of drug-likeness (QED) is 0.201. The van der Waals surface area contributed by atoms with Gasteiger partial charge in [-0.2, -0.15) is 0 Å². The Labute approximate surface area is 253 Å². The van der Waals surface area contributed by atoms with Crippen LogP contribution in [0.5, 0.6) is 0 Å². The summed E-state index contributed by atoms with van der Waals surface area (Å²) in [5.41, 5.74) is 15.1. The molecule has 0 aliphatic heterocycles. The molecule has 0 saturated carbocycles. The molecule has 1 aromatic heterocycles. The summed E-state index contributed by atoms with van der Waals surface area (Å²) >= 11 is 0. The van der Waals surface area contributed by atoms with Crippen molar-refractivity contribution in [3.8, 4) is 67.0 Å². The molecule has 0 aliphatic rings. The Morgan fingerprint density at radius 2 is 0.791 bits per heavy atom. The minimum absolute atomic E-state index is 0.969. The second-order valence-corrected chi connectivity index (χ2v) is 10.9. The van der Waals surface area contributed by atoms with Gasteiger partial charge in [-0.15, -0.1) is 0 Å². The summed E-state index contributed by atoms with van der Waals surface area (Å²) < 4.78 is 0. The van der Waals surface area contributed by atoms with E-state index in [1.165, 1.54) is 44.5 Å². The normalized spacial score (nSPS) is 10.9. The summed E-state index contributed by atoms with van der Waals surface area (Å²) in [7, 11) is 0. The third kappa shape index (κ3) is 5.54. The van der Waals surface area contributed by atoms with Crippen molar-refractivity contribution in [2.75, 3.05) is 0 Å². The lowest BCUT2D eigenvalue weighted by Gasteiger charge is -2.15. The fourth-order valence-corrected chi connectivity index (χ4v) is 5.78. The van der Waals surface area contributed by atoms with Gasteiger partial charge in [0.1, 0.15) is 0 Å². The highest BCUT2D eigenvalue weighted by molar-refractivity contribution is 5.89. The van der Waals surface area contributed by atoms with Crippen LogP contribution < -0.4 is 0 Å². The largest absolute Gasteiger partial charge is 0.248 e. The number of benzene rings is 6. The van der Waals surface area contributed by atoms with Crippen molar-refractivity contribution in [3.63, 3.8) is 0 Å². The topological polar surface area (TPSA) is 12.9 Å². The van der Waals surface area contributed by atoms with E-state index in [1.807, 2.05) is 12.1 Å². The van der Waals surface area contributed by atoms with Gasteiger partial charge in [-0.05, 0) is 81.3 Å². The zero-order valence-corrected chi connectivity index (χ0v) is 24.1. The number of hydrogen-bond donors (Lipinski definition) is 0. The van der Waals surface area contributed by atoms with Crippen LogP contribution in [0.4, 0.5) is 0 Å². The molecule has 0 radical (unpaired) electrons. The molecule has 43 heavy (non-hydrogen) atoms. The van der Waals surface area contributed by atoms with E-state index in [1.54, 1.807) is 0 Å². The first-order valence-electron chi connectivity index (χ1n) is 14.7. The molecule has 0 atom stereocenters. The number of rotatable bonds is 6. The van der Waals surface area contributed by atoms with Gasteiger partial charge in [-0.1, -0.05) is 146 Å². The van der Waals surface area contributed by atoms with Gasteiger partial charge < -0.3 is 0 Å². The summed E-state index contributed by atoms with van der Waals surface area (Å²) in [6.45, 7) is 2.18. The van der Waals surface area contributed by atoms with Crippen LogP contribution in [0.2, 0.25) is 0 Å². The molecule has 6 aromatic carbocycles. The summed E-state index contributed by atoms with van der Waals surface area (Å²) in [4.78, 5) is 5.07. The molecule has 1 heterocycles. The zero-order chi connectivity index (χ0) is 29.0. The molecule has 1 heteroatoms. The van der Waals surface area contributed by atoms with Gasteiger partial charge in [0.2, 0.25) is 0 Å². The third-order valence-electron chi connectivity index (χ3n) is 8.03. The third-order valence-corrected chi connectivity index (χ3v) is 8.03. The Bertz CT molecular complexity index is 1950. The lowest BCUT2D eigenvalue weighted by molar-refractivity contribution is 1.32. The van der Waals surface area contributed by atoms with E-state index in [0.717, 1.165) is 28.1 Å². The Kier molecular flexibility index (Phi) is 7.21. The van der Waals surface area contributed by atoms with Crippen LogP contribution in [-0.2, 0) is 0 Å². The van der Waals surface area contributed by atoms with Crippen molar-refractivity contribution >= 4 is 0 Å². The van der Waals surface area contributed by atoms with Crippen LogP contribution in [0.25, 0.3) is 67.0 Å². The van der Waals surface area contributed by atoms with Crippen LogP contribution in [-0.4, -0.2) is 4.98 Å². The highest BCUT2D eigenvalue weighted by Gasteiger charge is 2.13. The maximum absolute atomic E-state index is 5.07. The van der Waals surface area contributed by atoms with Crippen molar-refractivity contribution in [1.29, 1.82) is 0 Å². The molecule has 0 fully saturated rings. The van der Waals surface area contributed by atoms with Gasteiger partial charge in [-0.25, -0.2) is 4.98 Å². The van der Waals surface area contributed by atoms with Crippen LogP contribution >= 0.6 is 0 Å². The van der Waals surface area contributed by atoms with Gasteiger partial charge in [0.05, 0.1) is 11.4 Å². The number of pyridine rings is 1. The maximum atomic E-state index is 5.07. The summed E-state index contributed by atoms with van der Waals surface area (Å²) in [6.07, 6.45) is 0. The van der Waals surface area contributed by atoms with E-state index in [9.17, 15) is 0 Å². The van der Waals surface area contributed by atoms with Crippen molar-refractivity contribution in [2.45, 2.75) is 6.92 Å². The second kappa shape index (κ2) is 11.8. The lowest BCUT2D eigenvalue weighted by Crippen LogP contribution is -1.92. The van der Waals surface area contributed by atoms with Gasteiger partial charge in [-0.3, -0.25) is 0 Å². The molecule has 1 nitrogen and oxygen atoms in total.